The van der Waals surface area contributed by atoms with Crippen molar-refractivity contribution in [2.24, 2.45) is 0 Å². The molecule has 1 fully saturated rings. The number of rotatable bonds is 8. The zero-order valence-corrected chi connectivity index (χ0v) is 18.8. The number of likely N-dealkylation sites (N-methyl/N-ethyl adjacent to an activating group) is 1. The Hall–Kier alpha value is -2.45. The van der Waals surface area contributed by atoms with Gasteiger partial charge in [0.15, 0.2) is 9.84 Å². The highest BCUT2D eigenvalue weighted by atomic mass is 32.2. The van der Waals surface area contributed by atoms with E-state index in [2.05, 4.69) is 5.32 Å². The minimum absolute atomic E-state index is 0. The Bertz CT molecular complexity index is 980. The third kappa shape index (κ3) is 6.27. The predicted octanol–water partition coefficient (Wildman–Crippen LogP) is 2.44. The first-order chi connectivity index (χ1) is 14.8. The first kappa shape index (κ1) is 23.2. The summed E-state index contributed by atoms with van der Waals surface area (Å²) in [6, 6.07) is 6.37. The van der Waals surface area contributed by atoms with Gasteiger partial charge in [0.05, 0.1) is 23.2 Å². The summed E-state index contributed by atoms with van der Waals surface area (Å²) in [4.78, 5) is 26.9. The van der Waals surface area contributed by atoms with Gasteiger partial charge in [0.25, 0.3) is 0 Å². The van der Waals surface area contributed by atoms with Crippen molar-refractivity contribution in [1.29, 1.82) is 0 Å². The van der Waals surface area contributed by atoms with Gasteiger partial charge in [0.2, 0.25) is 11.8 Å². The van der Waals surface area contributed by atoms with Gasteiger partial charge in [0.1, 0.15) is 0 Å². The minimum atomic E-state index is -3.25. The molecule has 2 aliphatic rings. The number of ether oxygens (including phenoxy) is 1. The van der Waals surface area contributed by atoms with Crippen LogP contribution in [0.3, 0.4) is 0 Å². The van der Waals surface area contributed by atoms with Gasteiger partial charge in [-0.2, -0.15) is 0 Å². The Balaban J connectivity index is 0.00000363. The molecule has 1 atom stereocenters. The summed E-state index contributed by atoms with van der Waals surface area (Å²) < 4.78 is 29.3. The summed E-state index contributed by atoms with van der Waals surface area (Å²) in [6.07, 6.45) is 8.01. The van der Waals surface area contributed by atoms with Crippen LogP contribution in [-0.2, 0) is 30.6 Å². The molecule has 7 nitrogen and oxygen atoms in total. The molecule has 31 heavy (non-hydrogen) atoms. The number of benzene rings is 1. The molecule has 1 aromatic carbocycles. The first-order valence-corrected chi connectivity index (χ1v) is 12.2. The third-order valence-corrected chi connectivity index (χ3v) is 7.19. The maximum absolute atomic E-state index is 12.6. The second-order valence-corrected chi connectivity index (χ2v) is 10.1. The van der Waals surface area contributed by atoms with Crippen molar-refractivity contribution >= 4 is 21.7 Å². The average molecular weight is 448 g/mol. The van der Waals surface area contributed by atoms with Crippen molar-refractivity contribution in [2.45, 2.75) is 43.6 Å². The van der Waals surface area contributed by atoms with Crippen LogP contribution in [0.4, 0.5) is 0 Å². The number of carbonyl (C=O) groups is 2. The molecule has 2 amide bonds. The molecule has 3 rings (SSSR count). The molecule has 1 heterocycles. The molecule has 8 heteroatoms. The van der Waals surface area contributed by atoms with Crippen LogP contribution < -0.4 is 5.32 Å². The van der Waals surface area contributed by atoms with Gasteiger partial charge in [0, 0.05) is 39.3 Å². The third-order valence-electron chi connectivity index (χ3n) is 5.44. The van der Waals surface area contributed by atoms with Crippen LogP contribution >= 0.6 is 0 Å². The van der Waals surface area contributed by atoms with Crippen LogP contribution in [0.5, 0.6) is 0 Å². The first-order valence-electron chi connectivity index (χ1n) is 10.5. The number of sulfone groups is 1. The zero-order valence-electron chi connectivity index (χ0n) is 18.0. The maximum Gasteiger partial charge on any atom is 0.249 e. The monoisotopic (exact) mass is 447 g/mol. The Morgan fingerprint density at radius 1 is 1.23 bits per heavy atom. The lowest BCUT2D eigenvalue weighted by molar-refractivity contribution is -0.127. The number of nitrogens with one attached hydrogen (secondary N) is 1. The molecule has 169 valence electrons. The van der Waals surface area contributed by atoms with E-state index in [1.165, 1.54) is 12.1 Å². The fourth-order valence-corrected chi connectivity index (χ4v) is 4.48. The average Bonchev–Trinajstić information content (AvgIpc) is 3.27. The van der Waals surface area contributed by atoms with Crippen molar-refractivity contribution < 1.29 is 24.2 Å². The molecule has 0 saturated carbocycles. The summed E-state index contributed by atoms with van der Waals surface area (Å²) >= 11 is 0. The van der Waals surface area contributed by atoms with Gasteiger partial charge in [-0.25, -0.2) is 8.42 Å². The van der Waals surface area contributed by atoms with Gasteiger partial charge in [-0.3, -0.25) is 9.59 Å². The Labute approximate surface area is 185 Å². The van der Waals surface area contributed by atoms with Crippen LogP contribution in [0.1, 0.15) is 33.2 Å². The van der Waals surface area contributed by atoms with E-state index in [-0.39, 0.29) is 36.4 Å². The molecule has 0 aromatic heterocycles. The molecule has 1 aliphatic heterocycles. The van der Waals surface area contributed by atoms with Gasteiger partial charge < -0.3 is 15.0 Å². The maximum atomic E-state index is 12.6. The van der Waals surface area contributed by atoms with Crippen molar-refractivity contribution in [3.63, 3.8) is 0 Å². The minimum Gasteiger partial charge on any atom is -0.376 e. The molecule has 0 bridgehead atoms. The second kappa shape index (κ2) is 10.2. The fraction of sp³-hybridized carbons (Fsp3) is 0.435. The lowest BCUT2D eigenvalue weighted by atomic mass is 10.0. The summed E-state index contributed by atoms with van der Waals surface area (Å²) in [6.45, 7) is 2.94. The van der Waals surface area contributed by atoms with E-state index in [4.69, 9.17) is 4.74 Å². The Kier molecular flexibility index (Phi) is 7.67. The van der Waals surface area contributed by atoms with E-state index in [9.17, 15) is 18.0 Å². The molecule has 1 saturated heterocycles. The van der Waals surface area contributed by atoms with Crippen molar-refractivity contribution in [2.75, 3.05) is 26.0 Å². The van der Waals surface area contributed by atoms with Gasteiger partial charge in [-0.1, -0.05) is 25.1 Å². The summed E-state index contributed by atoms with van der Waals surface area (Å²) in [5.41, 5.74) is 2.05. The highest BCUT2D eigenvalue weighted by Gasteiger charge is 2.23. The SMILES string of the molecule is CCS(=O)(=O)c1ccc(CC(=O)NC2=CC=C(C(=O)N(C)CC3CCCO3)C[CH]2)cc1.[HH]. The fourth-order valence-electron chi connectivity index (χ4n) is 3.59. The predicted molar refractivity (Wildman–Crippen MR) is 120 cm³/mol. The highest BCUT2D eigenvalue weighted by molar-refractivity contribution is 7.91. The molecular formula is C23H31N2O5S. The van der Waals surface area contributed by atoms with E-state index >= 15 is 0 Å². The largest absolute Gasteiger partial charge is 0.376 e. The van der Waals surface area contributed by atoms with Crippen LogP contribution in [0.15, 0.2) is 52.6 Å². The van der Waals surface area contributed by atoms with E-state index in [1.807, 2.05) is 6.42 Å². The van der Waals surface area contributed by atoms with Crippen LogP contribution in [0.2, 0.25) is 0 Å². The van der Waals surface area contributed by atoms with E-state index in [1.54, 1.807) is 43.2 Å². The molecule has 0 spiro atoms. The van der Waals surface area contributed by atoms with Crippen molar-refractivity contribution in [3.8, 4) is 0 Å². The number of allylic oxidation sites excluding steroid dienone is 3. The summed E-state index contributed by atoms with van der Waals surface area (Å²) in [5, 5.41) is 2.83. The smallest absolute Gasteiger partial charge is 0.249 e. The molecule has 1 aromatic rings. The molecule has 1 N–H and O–H groups in total. The number of carbonyl (C=O) groups excluding carboxylic acids is 2. The topological polar surface area (TPSA) is 92.8 Å². The number of hydrogen-bond donors (Lipinski definition) is 1. The molecular weight excluding hydrogens is 416 g/mol. The number of amides is 2. The van der Waals surface area contributed by atoms with Crippen LogP contribution in [0, 0.1) is 6.42 Å². The Morgan fingerprint density at radius 2 is 1.97 bits per heavy atom. The quantitative estimate of drug-likeness (QED) is 0.661. The van der Waals surface area contributed by atoms with Crippen molar-refractivity contribution in [3.05, 3.63) is 59.7 Å². The van der Waals surface area contributed by atoms with Crippen LogP contribution in [0.25, 0.3) is 0 Å². The molecule has 1 unspecified atom stereocenters. The zero-order chi connectivity index (χ0) is 22.4. The van der Waals surface area contributed by atoms with Crippen LogP contribution in [-0.4, -0.2) is 57.2 Å². The number of nitrogens with zero attached hydrogens (tertiary/aromatic N) is 1. The van der Waals surface area contributed by atoms with Gasteiger partial charge in [-0.15, -0.1) is 0 Å². The summed E-state index contributed by atoms with van der Waals surface area (Å²) in [5.74, 6) is -0.193. The van der Waals surface area contributed by atoms with E-state index in [0.29, 0.717) is 24.2 Å². The van der Waals surface area contributed by atoms with Gasteiger partial charge >= 0.3 is 0 Å². The lowest BCUT2D eigenvalue weighted by Crippen LogP contribution is -2.35. The summed E-state index contributed by atoms with van der Waals surface area (Å²) in [7, 11) is -1.47. The van der Waals surface area contributed by atoms with Gasteiger partial charge in [-0.05, 0) is 43.0 Å². The molecule has 1 radical (unpaired) electrons. The van der Waals surface area contributed by atoms with E-state index in [0.717, 1.165) is 25.0 Å². The number of hydrogen-bond acceptors (Lipinski definition) is 5. The Morgan fingerprint density at radius 3 is 2.55 bits per heavy atom. The highest BCUT2D eigenvalue weighted by Crippen LogP contribution is 2.20. The molecule has 1 aliphatic carbocycles. The standard InChI is InChI=1S/C23H29N2O5S.H2/c1-3-31(28,29)21-12-6-17(7-13-21)15-22(26)24-19-10-8-18(9-11-19)23(27)25(2)16-20-5-4-14-30-20;/h6-8,10-13,20H,3-5,9,14-16H2,1-2H3,(H,24,26);1H. The normalized spacial score (nSPS) is 18.8. The van der Waals surface area contributed by atoms with E-state index < -0.39 is 9.84 Å². The second-order valence-electron chi connectivity index (χ2n) is 7.82. The lowest BCUT2D eigenvalue weighted by Gasteiger charge is -2.23. The van der Waals surface area contributed by atoms with Crippen molar-refractivity contribution in [1.82, 2.24) is 10.2 Å².